The number of anilines is 1. The molecule has 2 fully saturated rings. The Morgan fingerprint density at radius 1 is 1.11 bits per heavy atom. The van der Waals surface area contributed by atoms with Gasteiger partial charge in [-0.25, -0.2) is 12.8 Å². The lowest BCUT2D eigenvalue weighted by Crippen LogP contribution is -2.37. The van der Waals surface area contributed by atoms with Gasteiger partial charge in [0.05, 0.1) is 17.5 Å². The molecule has 0 N–H and O–H groups in total. The molecule has 146 valence electrons. The van der Waals surface area contributed by atoms with E-state index in [9.17, 15) is 17.6 Å². The first kappa shape index (κ1) is 19.1. The van der Waals surface area contributed by atoms with Crippen LogP contribution in [0.15, 0.2) is 59.6 Å². The molecule has 28 heavy (non-hydrogen) atoms. The molecule has 0 aromatic heterocycles. The van der Waals surface area contributed by atoms with Crippen LogP contribution in [0, 0.1) is 5.82 Å². The maximum atomic E-state index is 13.3. The van der Waals surface area contributed by atoms with Gasteiger partial charge in [0.15, 0.2) is 15.0 Å². The van der Waals surface area contributed by atoms with E-state index in [1.54, 1.807) is 17.0 Å². The summed E-state index contributed by atoms with van der Waals surface area (Å²) in [6.45, 7) is 0. The van der Waals surface area contributed by atoms with Crippen LogP contribution in [-0.4, -0.2) is 42.3 Å². The molecule has 0 aliphatic carbocycles. The highest BCUT2D eigenvalue weighted by Crippen LogP contribution is 2.41. The van der Waals surface area contributed by atoms with Crippen molar-refractivity contribution in [2.45, 2.75) is 24.1 Å². The number of amidine groups is 1. The fourth-order valence-corrected chi connectivity index (χ4v) is 7.46. The smallest absolute Gasteiger partial charge is 0.248 e. The van der Waals surface area contributed by atoms with Crippen LogP contribution in [0.3, 0.4) is 0 Å². The molecule has 2 aliphatic heterocycles. The molecule has 2 aromatic rings. The highest BCUT2D eigenvalue weighted by Gasteiger charge is 2.49. The molecule has 5 nitrogen and oxygen atoms in total. The second-order valence-corrected chi connectivity index (χ2v) is 10.3. The first-order valence-electron chi connectivity index (χ1n) is 8.99. The lowest BCUT2D eigenvalue weighted by Gasteiger charge is -2.24. The predicted molar refractivity (Wildman–Crippen MR) is 110 cm³/mol. The van der Waals surface area contributed by atoms with Gasteiger partial charge in [-0.1, -0.05) is 42.1 Å². The number of fused-ring (bicyclic) bond motifs is 1. The molecular weight excluding hydrogens is 399 g/mol. The minimum atomic E-state index is -3.13. The Kier molecular flexibility index (Phi) is 5.25. The monoisotopic (exact) mass is 418 g/mol. The summed E-state index contributed by atoms with van der Waals surface area (Å²) in [5.74, 6) is -0.541. The molecule has 4 rings (SSSR count). The quantitative estimate of drug-likeness (QED) is 0.764. The molecule has 2 heterocycles. The lowest BCUT2D eigenvalue weighted by molar-refractivity contribution is -0.117. The second kappa shape index (κ2) is 7.67. The Bertz CT molecular complexity index is 1010. The second-order valence-electron chi connectivity index (χ2n) is 6.92. The first-order valence-corrected chi connectivity index (χ1v) is 11.7. The lowest BCUT2D eigenvalue weighted by atomic mass is 10.1. The standard InChI is InChI=1S/C20H19FN2O3S2/c21-15-7-9-16(10-8-15)23-17-12-28(25,26)13-18(17)27-20(23)22-19(24)11-6-14-4-2-1-3-5-14/h1-5,7-10,17-18H,6,11-13H2/t17-,18-/m0/s1. The van der Waals surface area contributed by atoms with Gasteiger partial charge in [0, 0.05) is 17.4 Å². The van der Waals surface area contributed by atoms with Gasteiger partial charge in [-0.05, 0) is 36.2 Å². The number of carbonyl (C=O) groups excluding carboxylic acids is 1. The van der Waals surface area contributed by atoms with Crippen molar-refractivity contribution in [3.8, 4) is 0 Å². The van der Waals surface area contributed by atoms with Gasteiger partial charge in [-0.3, -0.25) is 4.79 Å². The van der Waals surface area contributed by atoms with Crippen LogP contribution in [-0.2, 0) is 21.1 Å². The molecule has 8 heteroatoms. The molecule has 0 saturated carbocycles. The number of sulfone groups is 1. The van der Waals surface area contributed by atoms with Gasteiger partial charge in [-0.15, -0.1) is 0 Å². The first-order chi connectivity index (χ1) is 13.4. The van der Waals surface area contributed by atoms with E-state index in [-0.39, 0.29) is 40.9 Å². The number of nitrogens with zero attached hydrogens (tertiary/aromatic N) is 2. The fourth-order valence-electron chi connectivity index (χ4n) is 3.53. The summed E-state index contributed by atoms with van der Waals surface area (Å²) in [7, 11) is -3.13. The van der Waals surface area contributed by atoms with Crippen LogP contribution < -0.4 is 4.90 Å². The third-order valence-corrected chi connectivity index (χ3v) is 8.07. The zero-order valence-electron chi connectivity index (χ0n) is 15.0. The maximum absolute atomic E-state index is 13.3. The summed E-state index contributed by atoms with van der Waals surface area (Å²) < 4.78 is 37.4. The zero-order chi connectivity index (χ0) is 19.7. The number of aliphatic imine (C=N–C) groups is 1. The third kappa shape index (κ3) is 4.12. The van der Waals surface area contributed by atoms with E-state index in [1.165, 1.54) is 23.9 Å². The van der Waals surface area contributed by atoms with Gasteiger partial charge in [0.2, 0.25) is 5.91 Å². The zero-order valence-corrected chi connectivity index (χ0v) is 16.6. The molecule has 0 spiro atoms. The summed E-state index contributed by atoms with van der Waals surface area (Å²) in [4.78, 5) is 18.5. The van der Waals surface area contributed by atoms with Gasteiger partial charge < -0.3 is 4.90 Å². The van der Waals surface area contributed by atoms with Gasteiger partial charge in [-0.2, -0.15) is 4.99 Å². The number of rotatable bonds is 4. The highest BCUT2D eigenvalue weighted by atomic mass is 32.2. The number of benzene rings is 2. The van der Waals surface area contributed by atoms with E-state index in [0.717, 1.165) is 5.56 Å². The fraction of sp³-hybridized carbons (Fsp3) is 0.300. The molecule has 0 radical (unpaired) electrons. The van der Waals surface area contributed by atoms with E-state index < -0.39 is 9.84 Å². The molecular formula is C20H19FN2O3S2. The molecule has 2 aliphatic rings. The van der Waals surface area contributed by atoms with Crippen LogP contribution in [0.4, 0.5) is 10.1 Å². The van der Waals surface area contributed by atoms with E-state index in [4.69, 9.17) is 0 Å². The number of carbonyl (C=O) groups is 1. The largest absolute Gasteiger partial charge is 0.316 e. The van der Waals surface area contributed by atoms with Crippen molar-refractivity contribution in [3.63, 3.8) is 0 Å². The summed E-state index contributed by atoms with van der Waals surface area (Å²) in [5.41, 5.74) is 1.71. The van der Waals surface area contributed by atoms with Crippen LogP contribution >= 0.6 is 11.8 Å². The van der Waals surface area contributed by atoms with Crippen molar-refractivity contribution >= 4 is 38.4 Å². The predicted octanol–water partition coefficient (Wildman–Crippen LogP) is 3.06. The molecule has 2 atom stereocenters. The Hall–Kier alpha value is -2.19. The summed E-state index contributed by atoms with van der Waals surface area (Å²) >= 11 is 1.32. The van der Waals surface area contributed by atoms with Crippen LogP contribution in [0.5, 0.6) is 0 Å². The maximum Gasteiger partial charge on any atom is 0.248 e. The normalized spacial score (nSPS) is 24.5. The molecule has 1 amide bonds. The van der Waals surface area contributed by atoms with E-state index in [0.29, 0.717) is 17.3 Å². The Labute approximate surface area is 167 Å². The van der Waals surface area contributed by atoms with Gasteiger partial charge >= 0.3 is 0 Å². The number of halogens is 1. The Morgan fingerprint density at radius 2 is 1.82 bits per heavy atom. The van der Waals surface area contributed by atoms with Crippen molar-refractivity contribution in [1.82, 2.24) is 0 Å². The van der Waals surface area contributed by atoms with E-state index in [2.05, 4.69) is 4.99 Å². The Balaban J connectivity index is 1.56. The average Bonchev–Trinajstić information content (AvgIpc) is 3.12. The molecule has 0 unspecified atom stereocenters. The van der Waals surface area contributed by atoms with E-state index in [1.807, 2.05) is 30.3 Å². The van der Waals surface area contributed by atoms with Crippen molar-refractivity contribution in [2.24, 2.45) is 4.99 Å². The number of hydrogen-bond acceptors (Lipinski definition) is 4. The minimum Gasteiger partial charge on any atom is -0.316 e. The van der Waals surface area contributed by atoms with Crippen molar-refractivity contribution in [3.05, 3.63) is 66.0 Å². The van der Waals surface area contributed by atoms with Gasteiger partial charge in [0.25, 0.3) is 0 Å². The van der Waals surface area contributed by atoms with Crippen molar-refractivity contribution in [2.75, 3.05) is 16.4 Å². The Morgan fingerprint density at radius 3 is 2.54 bits per heavy atom. The van der Waals surface area contributed by atoms with Crippen molar-refractivity contribution in [1.29, 1.82) is 0 Å². The highest BCUT2D eigenvalue weighted by molar-refractivity contribution is 8.16. The minimum absolute atomic E-state index is 0.0132. The third-order valence-electron chi connectivity index (χ3n) is 4.86. The summed E-state index contributed by atoms with van der Waals surface area (Å²) in [6.07, 6.45) is 0.873. The van der Waals surface area contributed by atoms with Gasteiger partial charge in [0.1, 0.15) is 5.82 Å². The van der Waals surface area contributed by atoms with Crippen LogP contribution in [0.2, 0.25) is 0 Å². The number of thioether (sulfide) groups is 1. The number of aryl methyl sites for hydroxylation is 1. The number of hydrogen-bond donors (Lipinski definition) is 0. The topological polar surface area (TPSA) is 66.8 Å². The van der Waals surface area contributed by atoms with Crippen LogP contribution in [0.25, 0.3) is 0 Å². The van der Waals surface area contributed by atoms with Crippen LogP contribution in [0.1, 0.15) is 12.0 Å². The average molecular weight is 419 g/mol. The number of amides is 1. The molecule has 2 aromatic carbocycles. The summed E-state index contributed by atoms with van der Waals surface area (Å²) in [6, 6.07) is 15.2. The molecule has 0 bridgehead atoms. The SMILES string of the molecule is O=C(CCc1ccccc1)N=C1S[C@H]2CS(=O)(=O)C[C@@H]2N1c1ccc(F)cc1. The molecule has 2 saturated heterocycles. The van der Waals surface area contributed by atoms with E-state index >= 15 is 0 Å². The summed E-state index contributed by atoms with van der Waals surface area (Å²) in [5, 5.41) is 0.324. The van der Waals surface area contributed by atoms with Crippen molar-refractivity contribution < 1.29 is 17.6 Å².